The molecular formula is C44H52ClNO10Si. The molecule has 2 aromatic rings. The van der Waals surface area contributed by atoms with Gasteiger partial charge in [-0.15, -0.1) is 0 Å². The third kappa shape index (κ3) is 10.8. The van der Waals surface area contributed by atoms with Gasteiger partial charge in [0, 0.05) is 24.3 Å². The lowest BCUT2D eigenvalue weighted by Gasteiger charge is -2.42. The van der Waals surface area contributed by atoms with E-state index in [2.05, 4.69) is 49.8 Å². The van der Waals surface area contributed by atoms with Crippen molar-refractivity contribution >= 4 is 32.0 Å². The Labute approximate surface area is 342 Å². The summed E-state index contributed by atoms with van der Waals surface area (Å²) in [4.78, 5) is 26.9. The molecule has 0 saturated heterocycles. The number of hydrogen-bond donors (Lipinski definition) is 1. The Kier molecular flexibility index (Phi) is 14.6. The van der Waals surface area contributed by atoms with Gasteiger partial charge < -0.3 is 42.9 Å². The number of esters is 1. The number of amides is 1. The third-order valence-corrected chi connectivity index (χ3v) is 14.9. The van der Waals surface area contributed by atoms with Crippen LogP contribution in [-0.2, 0) is 34.8 Å². The summed E-state index contributed by atoms with van der Waals surface area (Å²) in [5, 5.41) is 2.95. The molecule has 1 amide bonds. The molecule has 0 fully saturated rings. The zero-order valence-corrected chi connectivity index (χ0v) is 35.7. The van der Waals surface area contributed by atoms with Gasteiger partial charge in [0.15, 0.2) is 38.3 Å². The highest BCUT2D eigenvalue weighted by atomic mass is 35.5. The number of nitrogens with one attached hydrogen (secondary N) is 1. The number of halogens is 1. The molecule has 2 heterocycles. The maximum atomic E-state index is 13.7. The Morgan fingerprint density at radius 3 is 2.47 bits per heavy atom. The van der Waals surface area contributed by atoms with E-state index >= 15 is 0 Å². The van der Waals surface area contributed by atoms with E-state index < -0.39 is 49.8 Å². The van der Waals surface area contributed by atoms with Gasteiger partial charge in [-0.2, -0.15) is 0 Å². The van der Waals surface area contributed by atoms with Gasteiger partial charge in [-0.1, -0.05) is 74.3 Å². The lowest BCUT2D eigenvalue weighted by Crippen LogP contribution is -2.54. The van der Waals surface area contributed by atoms with E-state index in [0.29, 0.717) is 22.5 Å². The van der Waals surface area contributed by atoms with E-state index in [1.807, 2.05) is 42.5 Å². The van der Waals surface area contributed by atoms with Gasteiger partial charge in [-0.3, -0.25) is 4.79 Å². The monoisotopic (exact) mass is 817 g/mol. The molecule has 11 nitrogen and oxygen atoms in total. The van der Waals surface area contributed by atoms with E-state index in [-0.39, 0.29) is 42.9 Å². The standard InChI is InChI=1S/C44H52ClNO10Si/c1-9-57(10-2,11-3)56-44-23-13-15-33(44)20-19-31-14-12-16-39(44)54-41-35(45)24-32(25-37(41)53-29-49-7)36(46-42(48)55-43(4,5)6)26-40(47)52-28-38(31)51-27-30-17-21-34(50-8)22-18-30/h13-15,17-18,21-25,36,38-39H,9-11,26-29H2,1-8H3,(H,46,48)/b31-14+/t36-,38-,39-,44+/m0/s1. The first-order valence-electron chi connectivity index (χ1n) is 19.1. The maximum absolute atomic E-state index is 13.7. The predicted octanol–water partition coefficient (Wildman–Crippen LogP) is 8.38. The molecule has 57 heavy (non-hydrogen) atoms. The van der Waals surface area contributed by atoms with Crippen molar-refractivity contribution in [2.75, 3.05) is 27.6 Å². The second kappa shape index (κ2) is 19.2. The van der Waals surface area contributed by atoms with Crippen molar-refractivity contribution < 1.29 is 47.2 Å². The van der Waals surface area contributed by atoms with Crippen LogP contribution in [-0.4, -0.2) is 71.4 Å². The number of methoxy groups -OCH3 is 2. The molecular weight excluding hydrogens is 766 g/mol. The Balaban J connectivity index is 1.68. The molecule has 13 heteroatoms. The predicted molar refractivity (Wildman–Crippen MR) is 220 cm³/mol. The summed E-state index contributed by atoms with van der Waals surface area (Å²) in [5.74, 6) is 13.6. The summed E-state index contributed by atoms with van der Waals surface area (Å²) in [6.45, 7) is 11.5. The third-order valence-electron chi connectivity index (χ3n) is 9.94. The van der Waals surface area contributed by atoms with Gasteiger partial charge in [-0.05, 0) is 86.4 Å². The number of carbonyl (C=O) groups is 2. The highest BCUT2D eigenvalue weighted by molar-refractivity contribution is 6.73. The number of hydrogen-bond acceptors (Lipinski definition) is 10. The van der Waals surface area contributed by atoms with Crippen molar-refractivity contribution in [3.63, 3.8) is 0 Å². The molecule has 4 atom stereocenters. The van der Waals surface area contributed by atoms with Gasteiger partial charge in [0.25, 0.3) is 0 Å². The van der Waals surface area contributed by atoms with Crippen LogP contribution in [0.5, 0.6) is 17.2 Å². The first-order chi connectivity index (χ1) is 27.3. The van der Waals surface area contributed by atoms with Crippen LogP contribution in [0.4, 0.5) is 4.79 Å². The minimum atomic E-state index is -2.38. The molecule has 4 bridgehead atoms. The molecule has 0 spiro atoms. The van der Waals surface area contributed by atoms with Crippen LogP contribution in [0.15, 0.2) is 71.8 Å². The number of carbonyl (C=O) groups excluding carboxylic acids is 2. The van der Waals surface area contributed by atoms with Gasteiger partial charge in [0.05, 0.1) is 31.2 Å². The molecule has 304 valence electrons. The second-order valence-electron chi connectivity index (χ2n) is 14.8. The van der Waals surface area contributed by atoms with Crippen molar-refractivity contribution in [3.8, 4) is 40.9 Å². The average Bonchev–Trinajstić information content (AvgIpc) is 3.60. The number of rotatable bonds is 13. The Bertz CT molecular complexity index is 1990. The normalized spacial score (nSPS) is 22.5. The highest BCUT2D eigenvalue weighted by Gasteiger charge is 2.50. The van der Waals surface area contributed by atoms with Crippen molar-refractivity contribution in [3.05, 3.63) is 88.0 Å². The minimum absolute atomic E-state index is 0.138. The Morgan fingerprint density at radius 2 is 1.81 bits per heavy atom. The van der Waals surface area contributed by atoms with E-state index in [1.54, 1.807) is 46.1 Å². The molecule has 2 aliphatic carbocycles. The van der Waals surface area contributed by atoms with Crippen LogP contribution in [0, 0.1) is 23.7 Å². The van der Waals surface area contributed by atoms with E-state index in [9.17, 15) is 9.59 Å². The first-order valence-corrected chi connectivity index (χ1v) is 22.0. The summed E-state index contributed by atoms with van der Waals surface area (Å²) in [7, 11) is 0.712. The fourth-order valence-corrected chi connectivity index (χ4v) is 9.80. The molecule has 6 rings (SSSR count). The molecule has 4 aliphatic rings. The van der Waals surface area contributed by atoms with Crippen molar-refractivity contribution in [2.24, 2.45) is 0 Å². The van der Waals surface area contributed by atoms with Crippen LogP contribution in [0.2, 0.25) is 23.2 Å². The van der Waals surface area contributed by atoms with Gasteiger partial charge in [0.1, 0.15) is 24.1 Å². The highest BCUT2D eigenvalue weighted by Crippen LogP contribution is 2.45. The molecule has 0 unspecified atom stereocenters. The number of alkyl carbamates (subject to hydrolysis) is 1. The number of benzene rings is 2. The van der Waals surface area contributed by atoms with Gasteiger partial charge in [-0.25, -0.2) is 4.79 Å². The average molecular weight is 818 g/mol. The number of fused-ring (bicyclic) bond motifs is 8. The van der Waals surface area contributed by atoms with Crippen molar-refractivity contribution in [1.82, 2.24) is 5.32 Å². The second-order valence-corrected chi connectivity index (χ2v) is 19.9. The van der Waals surface area contributed by atoms with Crippen LogP contribution < -0.4 is 19.5 Å². The summed E-state index contributed by atoms with van der Waals surface area (Å²) in [6, 6.07) is 12.3. The van der Waals surface area contributed by atoms with Crippen LogP contribution >= 0.6 is 11.6 Å². The van der Waals surface area contributed by atoms with E-state index in [0.717, 1.165) is 23.7 Å². The topological polar surface area (TPSA) is 120 Å². The van der Waals surface area contributed by atoms with Crippen molar-refractivity contribution in [1.29, 1.82) is 0 Å². The lowest BCUT2D eigenvalue weighted by molar-refractivity contribution is -0.147. The van der Waals surface area contributed by atoms with Crippen LogP contribution in [0.1, 0.15) is 65.1 Å². The fraction of sp³-hybridized carbons (Fsp3) is 0.455. The maximum Gasteiger partial charge on any atom is 0.408 e. The molecule has 0 radical (unpaired) electrons. The summed E-state index contributed by atoms with van der Waals surface area (Å²) >= 11 is 7.07. The SMILES string of the molecule is CC[Si](CC)(CC)O[C@]12C=CC=C1C#C/C1=C\C#C[C@@H]2Oc2c(Cl)cc(cc2OCOC)[C@@H](NC(=O)OC(C)(C)C)CC(=O)OC[C@@H]1OCc1ccc(OC)cc1. The molecule has 0 aromatic heterocycles. The van der Waals surface area contributed by atoms with Crippen LogP contribution in [0.3, 0.4) is 0 Å². The fourth-order valence-electron chi connectivity index (χ4n) is 6.60. The minimum Gasteiger partial charge on any atom is -0.497 e. The molecule has 2 aromatic carbocycles. The molecule has 2 aliphatic heterocycles. The Morgan fingerprint density at radius 1 is 1.07 bits per heavy atom. The quantitative estimate of drug-likeness (QED) is 0.0914. The summed E-state index contributed by atoms with van der Waals surface area (Å²) in [5.41, 5.74) is 0.410. The number of allylic oxidation sites excluding steroid dienone is 3. The lowest BCUT2D eigenvalue weighted by atomic mass is 9.90. The summed E-state index contributed by atoms with van der Waals surface area (Å²) in [6.07, 6.45) is 4.63. The largest absolute Gasteiger partial charge is 0.497 e. The number of ether oxygens (including phenoxy) is 7. The van der Waals surface area contributed by atoms with E-state index in [1.165, 1.54) is 7.11 Å². The zero-order chi connectivity index (χ0) is 41.2. The van der Waals surface area contributed by atoms with E-state index in [4.69, 9.17) is 49.2 Å². The molecule has 0 saturated carbocycles. The zero-order valence-electron chi connectivity index (χ0n) is 33.9. The first kappa shape index (κ1) is 43.4. The smallest absolute Gasteiger partial charge is 0.408 e. The Hall–Kier alpha value is -4.69. The summed E-state index contributed by atoms with van der Waals surface area (Å²) < 4.78 is 48.8. The van der Waals surface area contributed by atoms with Crippen molar-refractivity contribution in [2.45, 2.75) is 102 Å². The molecule has 1 N–H and O–H groups in total. The van der Waals surface area contributed by atoms with Gasteiger partial charge in [0.2, 0.25) is 0 Å². The van der Waals surface area contributed by atoms with Gasteiger partial charge >= 0.3 is 12.1 Å². The van der Waals surface area contributed by atoms with Crippen LogP contribution in [0.25, 0.3) is 0 Å².